The van der Waals surface area contributed by atoms with Gasteiger partial charge in [0.25, 0.3) is 0 Å². The van der Waals surface area contributed by atoms with Crippen molar-refractivity contribution in [3.05, 3.63) is 82.6 Å². The zero-order chi connectivity index (χ0) is 24.3. The second-order valence-corrected chi connectivity index (χ2v) is 10.0. The number of benzene rings is 2. The highest BCUT2D eigenvalue weighted by Gasteiger charge is 2.36. The molecular formula is C23H21ClFN3O5S. The summed E-state index contributed by atoms with van der Waals surface area (Å²) < 4.78 is 46.9. The van der Waals surface area contributed by atoms with E-state index in [1.807, 2.05) is 0 Å². The van der Waals surface area contributed by atoms with Crippen LogP contribution in [0.1, 0.15) is 47.2 Å². The Morgan fingerprint density at radius 1 is 1.21 bits per heavy atom. The molecule has 0 radical (unpaired) electrons. The molecule has 34 heavy (non-hydrogen) atoms. The van der Waals surface area contributed by atoms with Crippen LogP contribution in [0.15, 0.2) is 59.6 Å². The van der Waals surface area contributed by atoms with E-state index in [0.29, 0.717) is 23.6 Å². The number of aromatic nitrogens is 2. The molecule has 0 unspecified atom stereocenters. The predicted molar refractivity (Wildman–Crippen MR) is 122 cm³/mol. The van der Waals surface area contributed by atoms with Crippen LogP contribution in [-0.4, -0.2) is 40.3 Å². The van der Waals surface area contributed by atoms with Crippen molar-refractivity contribution in [3.8, 4) is 5.75 Å². The van der Waals surface area contributed by atoms with Crippen molar-refractivity contribution in [1.82, 2.24) is 14.3 Å². The molecule has 1 aliphatic rings. The van der Waals surface area contributed by atoms with Crippen molar-refractivity contribution >= 4 is 27.6 Å². The largest absolute Gasteiger partial charge is 0.487 e. The number of piperidine rings is 1. The molecule has 0 bridgehead atoms. The number of carboxylic acids is 1. The van der Waals surface area contributed by atoms with Crippen molar-refractivity contribution in [2.24, 2.45) is 0 Å². The number of sulfonamides is 1. The molecule has 4 rings (SSSR count). The maximum atomic E-state index is 13.3. The smallest absolute Gasteiger partial charge is 0.339 e. The molecule has 8 nitrogen and oxygen atoms in total. The van der Waals surface area contributed by atoms with Gasteiger partial charge >= 0.3 is 5.97 Å². The minimum Gasteiger partial charge on any atom is -0.487 e. The number of hydrogen-bond acceptors (Lipinski definition) is 6. The van der Waals surface area contributed by atoms with Gasteiger partial charge in [-0.1, -0.05) is 24.1 Å². The maximum Gasteiger partial charge on any atom is 0.339 e. The van der Waals surface area contributed by atoms with E-state index in [0.717, 1.165) is 18.6 Å². The molecule has 2 aromatic carbocycles. The van der Waals surface area contributed by atoms with E-state index in [4.69, 9.17) is 16.3 Å². The van der Waals surface area contributed by atoms with Crippen LogP contribution in [0.3, 0.4) is 0 Å². The predicted octanol–water partition coefficient (Wildman–Crippen LogP) is 4.46. The van der Waals surface area contributed by atoms with E-state index < -0.39 is 27.9 Å². The van der Waals surface area contributed by atoms with Gasteiger partial charge in [-0.05, 0) is 55.3 Å². The highest BCUT2D eigenvalue weighted by Crippen LogP contribution is 2.34. The number of ether oxygens (including phenoxy) is 1. The summed E-state index contributed by atoms with van der Waals surface area (Å²) in [6.45, 7) is 0.0672. The fourth-order valence-electron chi connectivity index (χ4n) is 3.78. The minimum atomic E-state index is -3.95. The molecule has 1 saturated heterocycles. The monoisotopic (exact) mass is 505 g/mol. The molecule has 1 aliphatic heterocycles. The first-order valence-electron chi connectivity index (χ1n) is 10.5. The zero-order valence-electron chi connectivity index (χ0n) is 17.9. The Labute approximate surface area is 201 Å². The third kappa shape index (κ3) is 5.19. The van der Waals surface area contributed by atoms with E-state index in [9.17, 15) is 22.7 Å². The van der Waals surface area contributed by atoms with E-state index in [-0.39, 0.29) is 35.1 Å². The molecule has 1 fully saturated rings. The number of carbonyl (C=O) groups is 1. The Bertz CT molecular complexity index is 1300. The Morgan fingerprint density at radius 3 is 2.68 bits per heavy atom. The van der Waals surface area contributed by atoms with Gasteiger partial charge in [-0.3, -0.25) is 0 Å². The third-order valence-electron chi connectivity index (χ3n) is 5.46. The first-order chi connectivity index (χ1) is 16.3. The molecule has 178 valence electrons. The maximum absolute atomic E-state index is 13.3. The summed E-state index contributed by atoms with van der Waals surface area (Å²) >= 11 is 5.97. The van der Waals surface area contributed by atoms with Crippen LogP contribution in [0.5, 0.6) is 5.75 Å². The first-order valence-corrected chi connectivity index (χ1v) is 12.3. The SMILES string of the molecule is O=C(O)c1cnc([C@H]2CCCCN2S(=O)(=O)c2ccc(F)cc2)nc1COc1cccc(Cl)c1. The minimum absolute atomic E-state index is 0.0348. The topological polar surface area (TPSA) is 110 Å². The molecule has 0 saturated carbocycles. The van der Waals surface area contributed by atoms with Crippen LogP contribution in [0, 0.1) is 5.82 Å². The van der Waals surface area contributed by atoms with Gasteiger partial charge in [0.05, 0.1) is 16.6 Å². The molecule has 1 atom stereocenters. The van der Waals surface area contributed by atoms with Crippen molar-refractivity contribution in [2.45, 2.75) is 36.8 Å². The molecule has 3 aromatic rings. The molecule has 0 aliphatic carbocycles. The van der Waals surface area contributed by atoms with Crippen LogP contribution in [0.4, 0.5) is 4.39 Å². The lowest BCUT2D eigenvalue weighted by molar-refractivity contribution is 0.0692. The van der Waals surface area contributed by atoms with Crippen molar-refractivity contribution in [3.63, 3.8) is 0 Å². The summed E-state index contributed by atoms with van der Waals surface area (Å²) in [6, 6.07) is 10.6. The van der Waals surface area contributed by atoms with Crippen LogP contribution in [0.25, 0.3) is 0 Å². The summed E-state index contributed by atoms with van der Waals surface area (Å²) in [5, 5.41) is 10.0. The second kappa shape index (κ2) is 10.0. The molecule has 11 heteroatoms. The van der Waals surface area contributed by atoms with Crippen LogP contribution >= 0.6 is 11.6 Å². The van der Waals surface area contributed by atoms with E-state index in [1.54, 1.807) is 24.3 Å². The second-order valence-electron chi connectivity index (χ2n) is 7.72. The quantitative estimate of drug-likeness (QED) is 0.504. The lowest BCUT2D eigenvalue weighted by atomic mass is 10.0. The van der Waals surface area contributed by atoms with Gasteiger partial charge in [-0.25, -0.2) is 27.6 Å². The number of halogens is 2. The highest BCUT2D eigenvalue weighted by molar-refractivity contribution is 7.89. The van der Waals surface area contributed by atoms with Gasteiger partial charge in [-0.15, -0.1) is 0 Å². The lowest BCUT2D eigenvalue weighted by Gasteiger charge is -2.33. The standard InChI is InChI=1S/C23H21ClFN3O5S/c24-15-4-3-5-17(12-15)33-14-20-19(23(29)30)13-26-22(27-20)21-6-1-2-11-28(21)34(31,32)18-9-7-16(25)8-10-18/h3-5,7-10,12-13,21H,1-2,6,11,14H2,(H,29,30)/t21-/m1/s1. The van der Waals surface area contributed by atoms with Crippen molar-refractivity contribution in [1.29, 1.82) is 0 Å². The Hall–Kier alpha value is -3.08. The third-order valence-corrected chi connectivity index (χ3v) is 7.62. The number of hydrogen-bond donors (Lipinski definition) is 1. The van der Waals surface area contributed by atoms with Gasteiger partial charge in [0, 0.05) is 17.8 Å². The average Bonchev–Trinajstić information content (AvgIpc) is 2.83. The Kier molecular flexibility index (Phi) is 7.11. The van der Waals surface area contributed by atoms with Gasteiger partial charge in [-0.2, -0.15) is 4.31 Å². The fourth-order valence-corrected chi connectivity index (χ4v) is 5.62. The van der Waals surface area contributed by atoms with Crippen LogP contribution < -0.4 is 4.74 Å². The number of nitrogens with zero attached hydrogens (tertiary/aromatic N) is 3. The molecule has 0 amide bonds. The van der Waals surface area contributed by atoms with Crippen LogP contribution in [-0.2, 0) is 16.6 Å². The first kappa shape index (κ1) is 24.1. The summed E-state index contributed by atoms with van der Waals surface area (Å²) in [4.78, 5) is 20.3. The van der Waals surface area contributed by atoms with E-state index in [1.165, 1.54) is 22.6 Å². The average molecular weight is 506 g/mol. The van der Waals surface area contributed by atoms with Crippen molar-refractivity contribution in [2.75, 3.05) is 6.54 Å². The van der Waals surface area contributed by atoms with Gasteiger partial charge in [0.2, 0.25) is 10.0 Å². The molecule has 2 heterocycles. The molecule has 1 aromatic heterocycles. The summed E-state index contributed by atoms with van der Waals surface area (Å²) in [6.07, 6.45) is 3.02. The molecule has 0 spiro atoms. The molecular weight excluding hydrogens is 485 g/mol. The van der Waals surface area contributed by atoms with Gasteiger partial charge in [0.1, 0.15) is 29.6 Å². The Morgan fingerprint density at radius 2 is 1.97 bits per heavy atom. The Balaban J connectivity index is 1.66. The summed E-state index contributed by atoms with van der Waals surface area (Å²) in [7, 11) is -3.95. The molecule has 1 N–H and O–H groups in total. The van der Waals surface area contributed by atoms with Crippen molar-refractivity contribution < 1.29 is 27.4 Å². The summed E-state index contributed by atoms with van der Waals surface area (Å²) in [5.74, 6) is -1.15. The lowest BCUT2D eigenvalue weighted by Crippen LogP contribution is -2.39. The highest BCUT2D eigenvalue weighted by atomic mass is 35.5. The zero-order valence-corrected chi connectivity index (χ0v) is 19.5. The van der Waals surface area contributed by atoms with Gasteiger partial charge < -0.3 is 9.84 Å². The van der Waals surface area contributed by atoms with Gasteiger partial charge in [0.15, 0.2) is 0 Å². The van der Waals surface area contributed by atoms with Crippen LogP contribution in [0.2, 0.25) is 5.02 Å². The van der Waals surface area contributed by atoms with E-state index in [2.05, 4.69) is 9.97 Å². The summed E-state index contributed by atoms with van der Waals surface area (Å²) in [5.41, 5.74) is -0.0308. The number of rotatable bonds is 7. The fraction of sp³-hybridized carbons (Fsp3) is 0.261. The number of carboxylic acid groups (broad SMARTS) is 1. The number of aromatic carboxylic acids is 1. The van der Waals surface area contributed by atoms with E-state index >= 15 is 0 Å². The normalized spacial score (nSPS) is 16.8.